The number of nitrogens with one attached hydrogen (secondary N) is 2. The molecule has 26 heavy (non-hydrogen) atoms. The highest BCUT2D eigenvalue weighted by Crippen LogP contribution is 2.23. The fraction of sp³-hybridized carbons (Fsp3) is 0.100. The lowest BCUT2D eigenvalue weighted by molar-refractivity contribution is 0.252. The highest BCUT2D eigenvalue weighted by molar-refractivity contribution is 6.33. The Kier molecular flexibility index (Phi) is 7.45. The number of hydrogen-bond acceptors (Lipinski definition) is 2. The van der Waals surface area contributed by atoms with Gasteiger partial charge in [-0.3, -0.25) is 4.98 Å². The third-order valence-electron chi connectivity index (χ3n) is 3.84. The van der Waals surface area contributed by atoms with Crippen molar-refractivity contribution >= 4 is 35.7 Å². The number of hydrogen-bond donors (Lipinski definition) is 2. The second kappa shape index (κ2) is 9.80. The highest BCUT2D eigenvalue weighted by Gasteiger charge is 2.16. The zero-order valence-electron chi connectivity index (χ0n) is 13.9. The number of amides is 2. The first-order valence-corrected chi connectivity index (χ1v) is 8.37. The molecule has 0 aliphatic heterocycles. The van der Waals surface area contributed by atoms with Crippen LogP contribution in [0.5, 0.6) is 0 Å². The van der Waals surface area contributed by atoms with Gasteiger partial charge in [-0.05, 0) is 29.8 Å². The molecular weight excluding hydrogens is 369 g/mol. The number of rotatable bonds is 5. The molecule has 0 spiro atoms. The molecular formula is C20H19Cl2N3O. The lowest BCUT2D eigenvalue weighted by Crippen LogP contribution is -2.33. The van der Waals surface area contributed by atoms with E-state index in [0.717, 1.165) is 11.3 Å². The number of nitrogens with zero attached hydrogens (tertiary/aromatic N) is 1. The van der Waals surface area contributed by atoms with Crippen LogP contribution in [0.3, 0.4) is 0 Å². The Hall–Kier alpha value is -2.56. The maximum atomic E-state index is 12.2. The molecule has 0 radical (unpaired) electrons. The maximum absolute atomic E-state index is 12.2. The van der Waals surface area contributed by atoms with E-state index < -0.39 is 0 Å². The fourth-order valence-electron chi connectivity index (χ4n) is 2.58. The summed E-state index contributed by atoms with van der Waals surface area (Å²) >= 11 is 6.07. The van der Waals surface area contributed by atoms with Crippen LogP contribution in [0.15, 0.2) is 79.0 Å². The molecule has 0 aliphatic rings. The number of carbonyl (C=O) groups is 1. The minimum Gasteiger partial charge on any atom is -0.337 e. The lowest BCUT2D eigenvalue weighted by atomic mass is 9.95. The Balaban J connectivity index is 0.00000243. The van der Waals surface area contributed by atoms with E-state index in [2.05, 4.69) is 15.6 Å². The zero-order valence-corrected chi connectivity index (χ0v) is 15.5. The van der Waals surface area contributed by atoms with Gasteiger partial charge in [0.2, 0.25) is 0 Å². The van der Waals surface area contributed by atoms with Gasteiger partial charge in [-0.25, -0.2) is 4.79 Å². The first kappa shape index (κ1) is 19.8. The van der Waals surface area contributed by atoms with Gasteiger partial charge in [0.05, 0.1) is 10.7 Å². The molecule has 3 rings (SSSR count). The first-order valence-electron chi connectivity index (χ1n) is 7.99. The Labute approximate surface area is 164 Å². The standard InChI is InChI=1S/C20H18ClN3O.ClH/c21-17-10-4-5-12-19(17)24-20(25)23-14-16(15-8-2-1-3-9-15)18-11-6-7-13-22-18;/h1-13,16H,14H2,(H2,23,24,25);1H. The van der Waals surface area contributed by atoms with Crippen molar-refractivity contribution in [3.8, 4) is 0 Å². The van der Waals surface area contributed by atoms with E-state index in [4.69, 9.17) is 11.6 Å². The molecule has 1 unspecified atom stereocenters. The van der Waals surface area contributed by atoms with Crippen molar-refractivity contribution in [1.29, 1.82) is 0 Å². The second-order valence-corrected chi connectivity index (χ2v) is 5.94. The molecule has 6 heteroatoms. The van der Waals surface area contributed by atoms with Crippen LogP contribution in [-0.2, 0) is 0 Å². The smallest absolute Gasteiger partial charge is 0.319 e. The SMILES string of the molecule is Cl.O=C(NCC(c1ccccc1)c1ccccn1)Nc1ccccc1Cl. The van der Waals surface area contributed by atoms with E-state index in [9.17, 15) is 4.79 Å². The molecule has 1 heterocycles. The number of benzene rings is 2. The fourth-order valence-corrected chi connectivity index (χ4v) is 2.77. The molecule has 0 saturated heterocycles. The van der Waals surface area contributed by atoms with Crippen molar-refractivity contribution in [2.75, 3.05) is 11.9 Å². The van der Waals surface area contributed by atoms with Crippen LogP contribution in [0.2, 0.25) is 5.02 Å². The summed E-state index contributed by atoms with van der Waals surface area (Å²) in [5.74, 6) is -0.0283. The number of aromatic nitrogens is 1. The van der Waals surface area contributed by atoms with Gasteiger partial charge < -0.3 is 10.6 Å². The minimum absolute atomic E-state index is 0. The van der Waals surface area contributed by atoms with Crippen molar-refractivity contribution in [2.24, 2.45) is 0 Å². The Morgan fingerprint density at radius 1 is 0.962 bits per heavy atom. The molecule has 2 amide bonds. The van der Waals surface area contributed by atoms with Crippen molar-refractivity contribution < 1.29 is 4.79 Å². The third-order valence-corrected chi connectivity index (χ3v) is 4.17. The quantitative estimate of drug-likeness (QED) is 0.638. The van der Waals surface area contributed by atoms with Crippen LogP contribution in [0.4, 0.5) is 10.5 Å². The van der Waals surface area contributed by atoms with Crippen LogP contribution in [-0.4, -0.2) is 17.6 Å². The lowest BCUT2D eigenvalue weighted by Gasteiger charge is -2.18. The van der Waals surface area contributed by atoms with Gasteiger partial charge in [0, 0.05) is 24.4 Å². The number of pyridine rings is 1. The van der Waals surface area contributed by atoms with Crippen molar-refractivity contribution in [3.63, 3.8) is 0 Å². The number of urea groups is 1. The van der Waals surface area contributed by atoms with Gasteiger partial charge in [-0.2, -0.15) is 0 Å². The predicted octanol–water partition coefficient (Wildman–Crippen LogP) is 5.11. The van der Waals surface area contributed by atoms with Crippen LogP contribution >= 0.6 is 24.0 Å². The van der Waals surface area contributed by atoms with E-state index >= 15 is 0 Å². The first-order chi connectivity index (χ1) is 12.2. The van der Waals surface area contributed by atoms with E-state index in [-0.39, 0.29) is 24.4 Å². The molecule has 0 bridgehead atoms. The normalized spacial score (nSPS) is 11.1. The average molecular weight is 388 g/mol. The third kappa shape index (κ3) is 5.22. The van der Waals surface area contributed by atoms with Crippen LogP contribution in [0.25, 0.3) is 0 Å². The molecule has 4 nitrogen and oxygen atoms in total. The highest BCUT2D eigenvalue weighted by atomic mass is 35.5. The molecule has 2 N–H and O–H groups in total. The van der Waals surface area contributed by atoms with E-state index in [0.29, 0.717) is 17.3 Å². The summed E-state index contributed by atoms with van der Waals surface area (Å²) in [4.78, 5) is 16.7. The van der Waals surface area contributed by atoms with E-state index in [1.807, 2.05) is 60.7 Å². The molecule has 3 aromatic rings. The average Bonchev–Trinajstić information content (AvgIpc) is 2.66. The topological polar surface area (TPSA) is 54.0 Å². The predicted molar refractivity (Wildman–Crippen MR) is 108 cm³/mol. The number of halogens is 2. The van der Waals surface area contributed by atoms with E-state index in [1.165, 1.54) is 0 Å². The molecule has 134 valence electrons. The maximum Gasteiger partial charge on any atom is 0.319 e. The van der Waals surface area contributed by atoms with Gasteiger partial charge in [-0.1, -0.05) is 60.1 Å². The summed E-state index contributed by atoms with van der Waals surface area (Å²) in [5.41, 5.74) is 2.58. The van der Waals surface area contributed by atoms with Gasteiger partial charge in [0.1, 0.15) is 0 Å². The number of anilines is 1. The van der Waals surface area contributed by atoms with Crippen LogP contribution in [0.1, 0.15) is 17.2 Å². The zero-order chi connectivity index (χ0) is 17.5. The summed E-state index contributed by atoms with van der Waals surface area (Å²) in [6, 6.07) is 22.6. The minimum atomic E-state index is -0.301. The summed E-state index contributed by atoms with van der Waals surface area (Å²) in [7, 11) is 0. The molecule has 1 atom stereocenters. The molecule has 1 aromatic heterocycles. The summed E-state index contributed by atoms with van der Waals surface area (Å²) in [6.07, 6.45) is 1.76. The van der Waals surface area contributed by atoms with Crippen LogP contribution in [0, 0.1) is 0 Å². The molecule has 0 saturated carbocycles. The summed E-state index contributed by atoms with van der Waals surface area (Å²) in [5, 5.41) is 6.17. The second-order valence-electron chi connectivity index (χ2n) is 5.53. The summed E-state index contributed by atoms with van der Waals surface area (Å²) < 4.78 is 0. The number of carbonyl (C=O) groups excluding carboxylic acids is 1. The number of para-hydroxylation sites is 1. The molecule has 0 aliphatic carbocycles. The van der Waals surface area contributed by atoms with Gasteiger partial charge in [0.25, 0.3) is 0 Å². The van der Waals surface area contributed by atoms with Gasteiger partial charge in [-0.15, -0.1) is 12.4 Å². The van der Waals surface area contributed by atoms with Gasteiger partial charge >= 0.3 is 6.03 Å². The molecule has 2 aromatic carbocycles. The largest absolute Gasteiger partial charge is 0.337 e. The summed E-state index contributed by atoms with van der Waals surface area (Å²) in [6.45, 7) is 0.428. The Morgan fingerprint density at radius 3 is 2.35 bits per heavy atom. The Bertz CT molecular complexity index is 789. The van der Waals surface area contributed by atoms with Gasteiger partial charge in [0.15, 0.2) is 0 Å². The van der Waals surface area contributed by atoms with E-state index in [1.54, 1.807) is 18.3 Å². The Morgan fingerprint density at radius 2 is 1.65 bits per heavy atom. The monoisotopic (exact) mass is 387 g/mol. The van der Waals surface area contributed by atoms with Crippen molar-refractivity contribution in [1.82, 2.24) is 10.3 Å². The van der Waals surface area contributed by atoms with Crippen LogP contribution < -0.4 is 10.6 Å². The van der Waals surface area contributed by atoms with Crippen molar-refractivity contribution in [3.05, 3.63) is 95.3 Å². The van der Waals surface area contributed by atoms with Crippen molar-refractivity contribution in [2.45, 2.75) is 5.92 Å². The molecule has 0 fully saturated rings.